The van der Waals surface area contributed by atoms with E-state index in [-0.39, 0.29) is 18.4 Å². The molecule has 0 heterocycles. The molecule has 2 amide bonds. The summed E-state index contributed by atoms with van der Waals surface area (Å²) in [4.78, 5) is 23.2. The van der Waals surface area contributed by atoms with Gasteiger partial charge in [0.2, 0.25) is 11.8 Å². The van der Waals surface area contributed by atoms with Crippen LogP contribution in [-0.2, 0) is 14.3 Å². The highest BCUT2D eigenvalue weighted by Gasteiger charge is 2.04. The van der Waals surface area contributed by atoms with Crippen LogP contribution in [0, 0.1) is 0 Å². The molecule has 0 aromatic heterocycles. The fourth-order valence-electron chi connectivity index (χ4n) is 1.71. The number of methoxy groups -OCH3 is 1. The Labute approximate surface area is 125 Å². The lowest BCUT2D eigenvalue weighted by Gasteiger charge is -2.09. The number of carbonyl (C=O) groups excluding carboxylic acids is 2. The van der Waals surface area contributed by atoms with Gasteiger partial charge in [-0.15, -0.1) is 0 Å². The largest absolute Gasteiger partial charge is 0.383 e. The van der Waals surface area contributed by atoms with Gasteiger partial charge < -0.3 is 20.7 Å². The van der Waals surface area contributed by atoms with Crippen LogP contribution in [0.2, 0.25) is 0 Å². The highest BCUT2D eigenvalue weighted by Crippen LogP contribution is 2.15. The predicted molar refractivity (Wildman–Crippen MR) is 83.4 cm³/mol. The summed E-state index contributed by atoms with van der Waals surface area (Å²) in [7, 11) is 1.61. The third-order valence-corrected chi connectivity index (χ3v) is 2.68. The fourth-order valence-corrected chi connectivity index (χ4v) is 1.71. The highest BCUT2D eigenvalue weighted by atomic mass is 16.5. The lowest BCUT2D eigenvalue weighted by atomic mass is 10.2. The highest BCUT2D eigenvalue weighted by molar-refractivity contribution is 5.94. The first-order valence-corrected chi connectivity index (χ1v) is 7.05. The van der Waals surface area contributed by atoms with Gasteiger partial charge >= 0.3 is 0 Å². The van der Waals surface area contributed by atoms with E-state index < -0.39 is 0 Å². The van der Waals surface area contributed by atoms with E-state index in [2.05, 4.69) is 16.0 Å². The first-order valence-electron chi connectivity index (χ1n) is 7.05. The monoisotopic (exact) mass is 293 g/mol. The van der Waals surface area contributed by atoms with Gasteiger partial charge in [0.15, 0.2) is 0 Å². The smallest absolute Gasteiger partial charge is 0.238 e. The molecule has 0 unspecified atom stereocenters. The molecule has 21 heavy (non-hydrogen) atoms. The van der Waals surface area contributed by atoms with Gasteiger partial charge in [0.1, 0.15) is 0 Å². The number of ether oxygens (including phenoxy) is 1. The van der Waals surface area contributed by atoms with Crippen LogP contribution < -0.4 is 16.0 Å². The maximum absolute atomic E-state index is 11.7. The van der Waals surface area contributed by atoms with Gasteiger partial charge in [-0.3, -0.25) is 9.59 Å². The van der Waals surface area contributed by atoms with Crippen molar-refractivity contribution in [1.29, 1.82) is 0 Å². The first-order chi connectivity index (χ1) is 10.2. The van der Waals surface area contributed by atoms with Crippen molar-refractivity contribution in [2.45, 2.75) is 19.8 Å². The number of benzene rings is 1. The fraction of sp³-hybridized carbons (Fsp3) is 0.467. The van der Waals surface area contributed by atoms with Gasteiger partial charge in [-0.1, -0.05) is 13.0 Å². The van der Waals surface area contributed by atoms with Crippen molar-refractivity contribution in [2.24, 2.45) is 0 Å². The lowest BCUT2D eigenvalue weighted by molar-refractivity contribution is -0.116. The van der Waals surface area contributed by atoms with Gasteiger partial charge in [0.05, 0.1) is 13.2 Å². The van der Waals surface area contributed by atoms with E-state index in [0.29, 0.717) is 30.9 Å². The molecule has 3 N–H and O–H groups in total. The summed E-state index contributed by atoms with van der Waals surface area (Å²) in [6.07, 6.45) is 1.29. The number of nitrogens with one attached hydrogen (secondary N) is 3. The number of hydrogen-bond acceptors (Lipinski definition) is 4. The quantitative estimate of drug-likeness (QED) is 0.604. The number of hydrogen-bond donors (Lipinski definition) is 3. The summed E-state index contributed by atoms with van der Waals surface area (Å²) in [5, 5.41) is 8.53. The molecule has 0 fully saturated rings. The zero-order valence-electron chi connectivity index (χ0n) is 12.6. The summed E-state index contributed by atoms with van der Waals surface area (Å²) < 4.78 is 4.88. The molecular weight excluding hydrogens is 270 g/mol. The van der Waals surface area contributed by atoms with Crippen molar-refractivity contribution in [3.05, 3.63) is 24.3 Å². The van der Waals surface area contributed by atoms with E-state index in [1.54, 1.807) is 31.4 Å². The van der Waals surface area contributed by atoms with Crippen LogP contribution in [0.1, 0.15) is 19.8 Å². The van der Waals surface area contributed by atoms with Crippen LogP contribution >= 0.6 is 0 Å². The second-order valence-electron chi connectivity index (χ2n) is 4.60. The molecule has 1 rings (SSSR count). The van der Waals surface area contributed by atoms with E-state index >= 15 is 0 Å². The third kappa shape index (κ3) is 7.43. The van der Waals surface area contributed by atoms with E-state index in [4.69, 9.17) is 4.74 Å². The van der Waals surface area contributed by atoms with Crippen molar-refractivity contribution in [1.82, 2.24) is 5.32 Å². The zero-order chi connectivity index (χ0) is 15.5. The normalized spacial score (nSPS) is 10.2. The molecule has 0 radical (unpaired) electrons. The maximum atomic E-state index is 11.7. The second-order valence-corrected chi connectivity index (χ2v) is 4.60. The minimum Gasteiger partial charge on any atom is -0.383 e. The van der Waals surface area contributed by atoms with Crippen LogP contribution in [0.4, 0.5) is 11.4 Å². The van der Waals surface area contributed by atoms with Gasteiger partial charge in [-0.05, 0) is 24.6 Å². The Balaban J connectivity index is 2.44. The average Bonchev–Trinajstić information content (AvgIpc) is 2.44. The second kappa shape index (κ2) is 9.90. The molecule has 1 aromatic carbocycles. The van der Waals surface area contributed by atoms with Crippen molar-refractivity contribution in [3.63, 3.8) is 0 Å². The number of carbonyl (C=O) groups is 2. The minimum atomic E-state index is -0.136. The van der Waals surface area contributed by atoms with Crippen molar-refractivity contribution >= 4 is 23.2 Å². The maximum Gasteiger partial charge on any atom is 0.238 e. The average molecular weight is 293 g/mol. The number of anilines is 2. The van der Waals surface area contributed by atoms with Crippen LogP contribution in [0.5, 0.6) is 0 Å². The van der Waals surface area contributed by atoms with E-state index in [9.17, 15) is 9.59 Å². The molecule has 116 valence electrons. The van der Waals surface area contributed by atoms with Crippen molar-refractivity contribution in [2.75, 3.05) is 37.4 Å². The lowest BCUT2D eigenvalue weighted by Crippen LogP contribution is -2.30. The molecule has 0 aliphatic carbocycles. The standard InChI is InChI=1S/C15H23N3O3/c1-3-5-14(19)17-12-6-4-7-13(10-12)18-15(20)11-16-8-9-21-2/h4,6-7,10,16H,3,5,8-9,11H2,1-2H3,(H,17,19)(H,18,20). The molecule has 0 atom stereocenters. The summed E-state index contributed by atoms with van der Waals surface area (Å²) in [6.45, 7) is 3.35. The Kier molecular flexibility index (Phi) is 8.08. The summed E-state index contributed by atoms with van der Waals surface area (Å²) >= 11 is 0. The summed E-state index contributed by atoms with van der Waals surface area (Å²) in [6, 6.07) is 7.10. The van der Waals surface area contributed by atoms with Crippen LogP contribution in [0.3, 0.4) is 0 Å². The molecule has 0 spiro atoms. The van der Waals surface area contributed by atoms with Crippen molar-refractivity contribution < 1.29 is 14.3 Å². The molecule has 0 aliphatic rings. The Morgan fingerprint density at radius 3 is 2.43 bits per heavy atom. The zero-order valence-corrected chi connectivity index (χ0v) is 12.6. The topological polar surface area (TPSA) is 79.5 Å². The molecule has 6 heteroatoms. The van der Waals surface area contributed by atoms with Gasteiger partial charge in [0, 0.05) is 31.5 Å². The molecule has 0 saturated carbocycles. The third-order valence-electron chi connectivity index (χ3n) is 2.68. The Morgan fingerprint density at radius 1 is 1.14 bits per heavy atom. The molecule has 0 bridgehead atoms. The number of rotatable bonds is 9. The van der Waals surface area contributed by atoms with E-state index in [0.717, 1.165) is 6.42 Å². The van der Waals surface area contributed by atoms with E-state index in [1.165, 1.54) is 0 Å². The molecule has 6 nitrogen and oxygen atoms in total. The minimum absolute atomic E-state index is 0.0257. The van der Waals surface area contributed by atoms with Gasteiger partial charge in [-0.25, -0.2) is 0 Å². The SMILES string of the molecule is CCCC(=O)Nc1cccc(NC(=O)CNCCOC)c1. The van der Waals surface area contributed by atoms with Gasteiger partial charge in [0.25, 0.3) is 0 Å². The summed E-state index contributed by atoms with van der Waals surface area (Å²) in [5.41, 5.74) is 1.33. The molecular formula is C15H23N3O3. The Morgan fingerprint density at radius 2 is 1.81 bits per heavy atom. The Bertz CT molecular complexity index is 463. The van der Waals surface area contributed by atoms with Crippen LogP contribution in [0.25, 0.3) is 0 Å². The van der Waals surface area contributed by atoms with Gasteiger partial charge in [-0.2, -0.15) is 0 Å². The van der Waals surface area contributed by atoms with Crippen LogP contribution in [-0.4, -0.2) is 38.6 Å². The van der Waals surface area contributed by atoms with Crippen molar-refractivity contribution in [3.8, 4) is 0 Å². The predicted octanol–water partition coefficient (Wildman–Crippen LogP) is 1.60. The Hall–Kier alpha value is -1.92. The van der Waals surface area contributed by atoms with E-state index in [1.807, 2.05) is 6.92 Å². The molecule has 1 aromatic rings. The molecule has 0 saturated heterocycles. The summed E-state index contributed by atoms with van der Waals surface area (Å²) in [5.74, 6) is -0.162. The number of amides is 2. The first kappa shape index (κ1) is 17.1. The van der Waals surface area contributed by atoms with Crippen LogP contribution in [0.15, 0.2) is 24.3 Å². The molecule has 0 aliphatic heterocycles.